The molecule has 1 aromatic rings. The molecule has 1 fully saturated rings. The molecule has 0 aromatic heterocycles. The number of rotatable bonds is 3. The highest BCUT2D eigenvalue weighted by atomic mass is 79.9. The van der Waals surface area contributed by atoms with Gasteiger partial charge in [0, 0.05) is 4.83 Å². The lowest BCUT2D eigenvalue weighted by molar-refractivity contribution is -0.196. The normalized spacial score (nSPS) is 24.9. The van der Waals surface area contributed by atoms with Gasteiger partial charge in [-0.1, -0.05) is 52.5 Å². The first-order valence-corrected chi connectivity index (χ1v) is 8.47. The third kappa shape index (κ3) is 4.24. The average molecular weight is 363 g/mol. The van der Waals surface area contributed by atoms with E-state index >= 15 is 0 Å². The number of halogens is 4. The Morgan fingerprint density at radius 3 is 2.52 bits per heavy atom. The van der Waals surface area contributed by atoms with Crippen molar-refractivity contribution in [2.24, 2.45) is 11.8 Å². The van der Waals surface area contributed by atoms with Crippen LogP contribution in [0.2, 0.25) is 0 Å². The van der Waals surface area contributed by atoms with E-state index in [0.29, 0.717) is 19.3 Å². The summed E-state index contributed by atoms with van der Waals surface area (Å²) in [4.78, 5) is -0.107. The van der Waals surface area contributed by atoms with Crippen LogP contribution in [0.25, 0.3) is 0 Å². The predicted octanol–water partition coefficient (Wildman–Crippen LogP) is 5.98. The summed E-state index contributed by atoms with van der Waals surface area (Å²) in [6.45, 7) is 4.04. The van der Waals surface area contributed by atoms with Crippen LogP contribution >= 0.6 is 15.9 Å². The number of alkyl halides is 4. The van der Waals surface area contributed by atoms with Gasteiger partial charge in [0.15, 0.2) is 0 Å². The van der Waals surface area contributed by atoms with E-state index in [1.54, 1.807) is 0 Å². The fourth-order valence-electron chi connectivity index (χ4n) is 3.38. The molecule has 0 nitrogen and oxygen atoms in total. The van der Waals surface area contributed by atoms with Gasteiger partial charge in [-0.2, -0.15) is 13.2 Å². The molecular formula is C17H22BrF3. The summed E-state index contributed by atoms with van der Waals surface area (Å²) in [6.07, 6.45) is -0.840. The molecular weight excluding hydrogens is 341 g/mol. The van der Waals surface area contributed by atoms with Crippen LogP contribution in [0, 0.1) is 25.7 Å². The van der Waals surface area contributed by atoms with Crippen molar-refractivity contribution < 1.29 is 13.2 Å². The van der Waals surface area contributed by atoms with Gasteiger partial charge in [-0.3, -0.25) is 0 Å². The zero-order chi connectivity index (χ0) is 15.6. The van der Waals surface area contributed by atoms with Crippen molar-refractivity contribution in [2.75, 3.05) is 0 Å². The number of hydrogen-bond donors (Lipinski definition) is 0. The Labute approximate surface area is 133 Å². The highest BCUT2D eigenvalue weighted by molar-refractivity contribution is 9.09. The van der Waals surface area contributed by atoms with E-state index < -0.39 is 12.1 Å². The second-order valence-electron chi connectivity index (χ2n) is 6.25. The Morgan fingerprint density at radius 2 is 1.86 bits per heavy atom. The zero-order valence-electron chi connectivity index (χ0n) is 12.5. The van der Waals surface area contributed by atoms with Crippen molar-refractivity contribution in [1.82, 2.24) is 0 Å². The molecule has 0 N–H and O–H groups in total. The second kappa shape index (κ2) is 6.72. The van der Waals surface area contributed by atoms with Crippen molar-refractivity contribution in [1.29, 1.82) is 0 Å². The zero-order valence-corrected chi connectivity index (χ0v) is 14.1. The topological polar surface area (TPSA) is 0 Å². The Balaban J connectivity index is 2.14. The maximum atomic E-state index is 13.2. The Bertz CT molecular complexity index is 481. The first-order chi connectivity index (χ1) is 9.79. The maximum Gasteiger partial charge on any atom is 0.392 e. The molecule has 3 unspecified atom stereocenters. The minimum absolute atomic E-state index is 0.107. The highest BCUT2D eigenvalue weighted by Crippen LogP contribution is 2.45. The molecule has 21 heavy (non-hydrogen) atoms. The van der Waals surface area contributed by atoms with Gasteiger partial charge < -0.3 is 0 Å². The van der Waals surface area contributed by atoms with E-state index in [2.05, 4.69) is 22.0 Å². The SMILES string of the molecule is Cc1ccc(C)c(CC(Br)C2CCCCC2C(F)(F)F)c1. The molecule has 1 aliphatic rings. The van der Waals surface area contributed by atoms with Gasteiger partial charge in [0.05, 0.1) is 5.92 Å². The van der Waals surface area contributed by atoms with E-state index in [1.165, 1.54) is 0 Å². The molecule has 1 saturated carbocycles. The fraction of sp³-hybridized carbons (Fsp3) is 0.647. The van der Waals surface area contributed by atoms with Crippen molar-refractivity contribution in [3.8, 4) is 0 Å². The first kappa shape index (κ1) is 16.9. The maximum absolute atomic E-state index is 13.2. The smallest absolute Gasteiger partial charge is 0.171 e. The molecule has 0 amide bonds. The summed E-state index contributed by atoms with van der Waals surface area (Å²) < 4.78 is 39.6. The lowest BCUT2D eigenvalue weighted by Gasteiger charge is -2.36. The molecule has 118 valence electrons. The second-order valence-corrected chi connectivity index (χ2v) is 7.42. The molecule has 0 spiro atoms. The summed E-state index contributed by atoms with van der Waals surface area (Å²) in [7, 11) is 0. The minimum atomic E-state index is -4.07. The summed E-state index contributed by atoms with van der Waals surface area (Å²) in [5.41, 5.74) is 3.47. The van der Waals surface area contributed by atoms with Crippen molar-refractivity contribution in [3.05, 3.63) is 34.9 Å². The molecule has 0 radical (unpaired) electrons. The molecule has 2 rings (SSSR count). The molecule has 0 bridgehead atoms. The van der Waals surface area contributed by atoms with Gasteiger partial charge in [0.1, 0.15) is 0 Å². The standard InChI is InChI=1S/C17H22BrF3/c1-11-7-8-12(2)13(9-11)10-16(18)14-5-3-4-6-15(14)17(19,20)21/h7-9,14-16H,3-6,10H2,1-2H3. The van der Waals surface area contributed by atoms with Gasteiger partial charge in [-0.25, -0.2) is 0 Å². The number of hydrogen-bond acceptors (Lipinski definition) is 0. The van der Waals surface area contributed by atoms with Crippen LogP contribution in [0.1, 0.15) is 42.4 Å². The molecule has 1 aromatic carbocycles. The monoisotopic (exact) mass is 362 g/mol. The van der Waals surface area contributed by atoms with E-state index in [-0.39, 0.29) is 17.2 Å². The molecule has 0 saturated heterocycles. The largest absolute Gasteiger partial charge is 0.392 e. The lowest BCUT2D eigenvalue weighted by Crippen LogP contribution is -2.38. The predicted molar refractivity (Wildman–Crippen MR) is 83.8 cm³/mol. The first-order valence-electron chi connectivity index (χ1n) is 7.56. The van der Waals surface area contributed by atoms with Gasteiger partial charge >= 0.3 is 6.18 Å². The van der Waals surface area contributed by atoms with Crippen LogP contribution in [-0.2, 0) is 6.42 Å². The van der Waals surface area contributed by atoms with Crippen LogP contribution in [0.3, 0.4) is 0 Å². The third-order valence-corrected chi connectivity index (χ3v) is 5.63. The summed E-state index contributed by atoms with van der Waals surface area (Å²) in [5.74, 6) is -1.46. The summed E-state index contributed by atoms with van der Waals surface area (Å²) >= 11 is 3.57. The van der Waals surface area contributed by atoms with Crippen molar-refractivity contribution in [3.63, 3.8) is 0 Å². The van der Waals surface area contributed by atoms with Gasteiger partial charge in [0.2, 0.25) is 0 Å². The Kier molecular flexibility index (Phi) is 5.39. The van der Waals surface area contributed by atoms with Gasteiger partial charge in [-0.15, -0.1) is 0 Å². The van der Waals surface area contributed by atoms with E-state index in [0.717, 1.165) is 23.1 Å². The van der Waals surface area contributed by atoms with E-state index in [4.69, 9.17) is 0 Å². The van der Waals surface area contributed by atoms with E-state index in [9.17, 15) is 13.2 Å². The van der Waals surface area contributed by atoms with Crippen LogP contribution < -0.4 is 0 Å². The van der Waals surface area contributed by atoms with Crippen LogP contribution in [0.15, 0.2) is 18.2 Å². The Hall–Kier alpha value is -0.510. The molecule has 0 aliphatic heterocycles. The highest BCUT2D eigenvalue weighted by Gasteiger charge is 2.47. The summed E-state index contributed by atoms with van der Waals surface area (Å²) in [5, 5.41) is 0. The summed E-state index contributed by atoms with van der Waals surface area (Å²) in [6, 6.07) is 6.18. The lowest BCUT2D eigenvalue weighted by atomic mass is 9.75. The third-order valence-electron chi connectivity index (χ3n) is 4.62. The Morgan fingerprint density at radius 1 is 1.19 bits per heavy atom. The number of aryl methyl sites for hydroxylation is 2. The molecule has 1 aliphatic carbocycles. The van der Waals surface area contributed by atoms with Crippen LogP contribution in [-0.4, -0.2) is 11.0 Å². The molecule has 0 heterocycles. The van der Waals surface area contributed by atoms with Crippen molar-refractivity contribution in [2.45, 2.75) is 57.0 Å². The van der Waals surface area contributed by atoms with Gasteiger partial charge in [-0.05, 0) is 50.2 Å². The van der Waals surface area contributed by atoms with E-state index in [1.807, 2.05) is 26.0 Å². The van der Waals surface area contributed by atoms with Gasteiger partial charge in [0.25, 0.3) is 0 Å². The fourth-order valence-corrected chi connectivity index (χ4v) is 4.36. The average Bonchev–Trinajstić information content (AvgIpc) is 2.42. The quantitative estimate of drug-likeness (QED) is 0.580. The minimum Gasteiger partial charge on any atom is -0.171 e. The number of benzene rings is 1. The van der Waals surface area contributed by atoms with Crippen LogP contribution in [0.4, 0.5) is 13.2 Å². The molecule has 4 heteroatoms. The molecule has 3 atom stereocenters. The van der Waals surface area contributed by atoms with Crippen LogP contribution in [0.5, 0.6) is 0 Å². The van der Waals surface area contributed by atoms with Crippen molar-refractivity contribution >= 4 is 15.9 Å².